The Kier molecular flexibility index (Phi) is 5.30. The number of nitriles is 1. The van der Waals surface area contributed by atoms with Crippen LogP contribution in [0.5, 0.6) is 0 Å². The molecule has 1 aromatic heterocycles. The molecule has 20 heavy (non-hydrogen) atoms. The number of aliphatic hydroxyl groups is 1. The third-order valence-electron chi connectivity index (χ3n) is 2.76. The van der Waals surface area contributed by atoms with Crippen molar-refractivity contribution in [2.75, 3.05) is 31.7 Å². The Morgan fingerprint density at radius 3 is 3.00 bits per heavy atom. The van der Waals surface area contributed by atoms with Crippen LogP contribution >= 0.6 is 15.9 Å². The quantitative estimate of drug-likeness (QED) is 0.792. The normalized spacial score (nSPS) is 10.4. The van der Waals surface area contributed by atoms with Gasteiger partial charge in [-0.05, 0) is 22.0 Å². The number of aromatic nitrogens is 1. The van der Waals surface area contributed by atoms with Gasteiger partial charge >= 0.3 is 0 Å². The fourth-order valence-electron chi connectivity index (χ4n) is 1.90. The summed E-state index contributed by atoms with van der Waals surface area (Å²) >= 11 is 3.43. The van der Waals surface area contributed by atoms with E-state index in [2.05, 4.69) is 32.3 Å². The molecule has 1 heterocycles. The number of hydrogen-bond acceptors (Lipinski definition) is 5. The highest BCUT2D eigenvalue weighted by Gasteiger charge is 2.09. The number of ether oxygens (including phenoxy) is 1. The van der Waals surface area contributed by atoms with E-state index in [-0.39, 0.29) is 6.61 Å². The van der Waals surface area contributed by atoms with Crippen LogP contribution in [0.3, 0.4) is 0 Å². The molecule has 0 aliphatic heterocycles. The number of hydrogen-bond donors (Lipinski definition) is 2. The number of aliphatic hydroxyl groups excluding tert-OH is 1. The fraction of sp³-hybridized carbons (Fsp3) is 0.286. The number of pyridine rings is 1. The van der Waals surface area contributed by atoms with E-state index >= 15 is 0 Å². The van der Waals surface area contributed by atoms with E-state index < -0.39 is 0 Å². The molecular formula is C14H14BrN3O2. The van der Waals surface area contributed by atoms with Crippen LogP contribution in [0.25, 0.3) is 10.8 Å². The molecule has 0 fully saturated rings. The molecule has 2 N–H and O–H groups in total. The summed E-state index contributed by atoms with van der Waals surface area (Å²) in [6.45, 7) is 1.41. The molecule has 0 aliphatic carbocycles. The van der Waals surface area contributed by atoms with Gasteiger partial charge in [0.25, 0.3) is 0 Å². The standard InChI is InChI=1S/C14H14BrN3O2/c15-12-9-18-14(17-4-6-20-7-5-19)11-3-1-2-10(8-16)13(11)12/h1-3,9,19H,4-7H2,(H,17,18). The van der Waals surface area contributed by atoms with Crippen LogP contribution in [0, 0.1) is 11.3 Å². The summed E-state index contributed by atoms with van der Waals surface area (Å²) in [7, 11) is 0. The molecule has 0 radical (unpaired) electrons. The number of anilines is 1. The molecule has 104 valence electrons. The van der Waals surface area contributed by atoms with Crippen molar-refractivity contribution in [3.05, 3.63) is 34.4 Å². The van der Waals surface area contributed by atoms with Crippen LogP contribution in [0.1, 0.15) is 5.56 Å². The zero-order valence-electron chi connectivity index (χ0n) is 10.8. The van der Waals surface area contributed by atoms with Gasteiger partial charge in [-0.15, -0.1) is 0 Å². The van der Waals surface area contributed by atoms with E-state index in [1.54, 1.807) is 12.3 Å². The lowest BCUT2D eigenvalue weighted by atomic mass is 10.1. The van der Waals surface area contributed by atoms with Crippen molar-refractivity contribution in [2.24, 2.45) is 0 Å². The summed E-state index contributed by atoms with van der Waals surface area (Å²) in [5.41, 5.74) is 0.608. The topological polar surface area (TPSA) is 78.2 Å². The third kappa shape index (κ3) is 3.25. The van der Waals surface area contributed by atoms with Crippen molar-refractivity contribution < 1.29 is 9.84 Å². The Balaban J connectivity index is 2.23. The lowest BCUT2D eigenvalue weighted by Crippen LogP contribution is -2.12. The molecule has 0 saturated heterocycles. The first-order valence-electron chi connectivity index (χ1n) is 6.17. The summed E-state index contributed by atoms with van der Waals surface area (Å²) < 4.78 is 5.98. The molecule has 0 saturated carbocycles. The average molecular weight is 336 g/mol. The van der Waals surface area contributed by atoms with Gasteiger partial charge in [-0.1, -0.05) is 12.1 Å². The Bertz CT molecular complexity index is 640. The number of fused-ring (bicyclic) bond motifs is 1. The van der Waals surface area contributed by atoms with Gasteiger partial charge in [0.2, 0.25) is 0 Å². The first kappa shape index (κ1) is 14.7. The van der Waals surface area contributed by atoms with Crippen LogP contribution in [0.15, 0.2) is 28.9 Å². The first-order chi connectivity index (χ1) is 9.77. The van der Waals surface area contributed by atoms with E-state index in [0.29, 0.717) is 31.1 Å². The average Bonchev–Trinajstić information content (AvgIpc) is 2.48. The Labute approximate surface area is 125 Å². The van der Waals surface area contributed by atoms with Crippen molar-refractivity contribution >= 4 is 32.5 Å². The summed E-state index contributed by atoms with van der Waals surface area (Å²) in [5, 5.41) is 22.7. The van der Waals surface area contributed by atoms with Crippen molar-refractivity contribution in [2.45, 2.75) is 0 Å². The minimum Gasteiger partial charge on any atom is -0.394 e. The van der Waals surface area contributed by atoms with Crippen molar-refractivity contribution in [1.29, 1.82) is 5.26 Å². The van der Waals surface area contributed by atoms with Crippen molar-refractivity contribution in [1.82, 2.24) is 4.98 Å². The van der Waals surface area contributed by atoms with Gasteiger partial charge in [-0.2, -0.15) is 5.26 Å². The summed E-state index contributed by atoms with van der Waals surface area (Å²) in [5.74, 6) is 0.716. The van der Waals surface area contributed by atoms with E-state index in [9.17, 15) is 0 Å². The van der Waals surface area contributed by atoms with Gasteiger partial charge in [0.1, 0.15) is 5.82 Å². The van der Waals surface area contributed by atoms with Crippen molar-refractivity contribution in [3.8, 4) is 6.07 Å². The highest BCUT2D eigenvalue weighted by molar-refractivity contribution is 9.10. The predicted molar refractivity (Wildman–Crippen MR) is 80.6 cm³/mol. The van der Waals surface area contributed by atoms with Crippen LogP contribution in [-0.2, 0) is 4.74 Å². The number of nitrogens with one attached hydrogen (secondary N) is 1. The maximum Gasteiger partial charge on any atom is 0.134 e. The Morgan fingerprint density at radius 1 is 1.40 bits per heavy atom. The maximum atomic E-state index is 9.17. The molecule has 0 atom stereocenters. The highest BCUT2D eigenvalue weighted by atomic mass is 79.9. The Morgan fingerprint density at radius 2 is 2.25 bits per heavy atom. The number of nitrogens with zero attached hydrogens (tertiary/aromatic N) is 2. The summed E-state index contributed by atoms with van der Waals surface area (Å²) in [6, 6.07) is 7.72. The second-order valence-corrected chi connectivity index (χ2v) is 4.91. The number of benzene rings is 1. The zero-order chi connectivity index (χ0) is 14.4. The summed E-state index contributed by atoms with van der Waals surface area (Å²) in [4.78, 5) is 4.33. The molecule has 2 rings (SSSR count). The van der Waals surface area contributed by atoms with Gasteiger partial charge in [0, 0.05) is 28.0 Å². The molecule has 5 nitrogen and oxygen atoms in total. The molecule has 0 unspecified atom stereocenters. The molecule has 0 bridgehead atoms. The molecule has 6 heteroatoms. The van der Waals surface area contributed by atoms with Gasteiger partial charge in [0.15, 0.2) is 0 Å². The minimum atomic E-state index is 0.0188. The van der Waals surface area contributed by atoms with E-state index in [4.69, 9.17) is 15.1 Å². The monoisotopic (exact) mass is 335 g/mol. The molecular weight excluding hydrogens is 322 g/mol. The van der Waals surface area contributed by atoms with Crippen LogP contribution in [-0.4, -0.2) is 36.5 Å². The smallest absolute Gasteiger partial charge is 0.134 e. The molecule has 1 aromatic carbocycles. The third-order valence-corrected chi connectivity index (χ3v) is 3.36. The second-order valence-electron chi connectivity index (χ2n) is 4.06. The Hall–Kier alpha value is -1.68. The van der Waals surface area contributed by atoms with E-state index in [0.717, 1.165) is 15.2 Å². The number of halogens is 1. The maximum absolute atomic E-state index is 9.17. The SMILES string of the molecule is N#Cc1cccc2c(NCCOCCO)ncc(Br)c12. The van der Waals surface area contributed by atoms with Gasteiger partial charge in [-0.25, -0.2) is 4.98 Å². The fourth-order valence-corrected chi connectivity index (χ4v) is 2.43. The second kappa shape index (κ2) is 7.20. The van der Waals surface area contributed by atoms with E-state index in [1.807, 2.05) is 12.1 Å². The molecule has 0 aliphatic rings. The van der Waals surface area contributed by atoms with Gasteiger partial charge < -0.3 is 15.2 Å². The van der Waals surface area contributed by atoms with Crippen LogP contribution < -0.4 is 5.32 Å². The lowest BCUT2D eigenvalue weighted by molar-refractivity contribution is 0.0992. The van der Waals surface area contributed by atoms with E-state index in [1.165, 1.54) is 0 Å². The molecule has 0 amide bonds. The summed E-state index contributed by atoms with van der Waals surface area (Å²) in [6.07, 6.45) is 1.68. The zero-order valence-corrected chi connectivity index (χ0v) is 12.4. The molecule has 2 aromatic rings. The van der Waals surface area contributed by atoms with Crippen molar-refractivity contribution in [3.63, 3.8) is 0 Å². The molecule has 0 spiro atoms. The first-order valence-corrected chi connectivity index (χ1v) is 6.97. The van der Waals surface area contributed by atoms with Crippen LogP contribution in [0.4, 0.5) is 5.82 Å². The van der Waals surface area contributed by atoms with Crippen LogP contribution in [0.2, 0.25) is 0 Å². The van der Waals surface area contributed by atoms with Gasteiger partial charge in [0.05, 0.1) is 31.5 Å². The lowest BCUT2D eigenvalue weighted by Gasteiger charge is -2.10. The largest absolute Gasteiger partial charge is 0.394 e. The highest BCUT2D eigenvalue weighted by Crippen LogP contribution is 2.30. The number of rotatable bonds is 6. The predicted octanol–water partition coefficient (Wildman–Crippen LogP) is 2.29. The van der Waals surface area contributed by atoms with Gasteiger partial charge in [-0.3, -0.25) is 0 Å². The minimum absolute atomic E-state index is 0.0188.